The molecule has 1 amide bonds. The zero-order valence-electron chi connectivity index (χ0n) is 12.7. The molecule has 0 radical (unpaired) electrons. The van der Waals surface area contributed by atoms with E-state index in [9.17, 15) is 13.2 Å². The molecule has 1 saturated heterocycles. The third-order valence-corrected chi connectivity index (χ3v) is 6.63. The fraction of sp³-hybridized carbons (Fsp3) is 0.929. The third kappa shape index (κ3) is 3.96. The lowest BCUT2D eigenvalue weighted by Crippen LogP contribution is -2.48. The van der Waals surface area contributed by atoms with Crippen LogP contribution >= 0.6 is 0 Å². The number of methoxy groups -OCH3 is 1. The van der Waals surface area contributed by atoms with Crippen LogP contribution in [0.15, 0.2) is 0 Å². The second-order valence-corrected chi connectivity index (χ2v) is 8.60. The highest BCUT2D eigenvalue weighted by Gasteiger charge is 2.41. The minimum Gasteiger partial charge on any atom is -0.383 e. The van der Waals surface area contributed by atoms with Gasteiger partial charge in [-0.3, -0.25) is 4.79 Å². The van der Waals surface area contributed by atoms with Crippen molar-refractivity contribution in [2.45, 2.75) is 38.1 Å². The average molecular weight is 318 g/mol. The molecule has 2 aliphatic rings. The number of nitrogens with zero attached hydrogens (tertiary/aromatic N) is 1. The minimum absolute atomic E-state index is 0.0271. The predicted molar refractivity (Wildman–Crippen MR) is 80.6 cm³/mol. The Kier molecular flexibility index (Phi) is 5.27. The summed E-state index contributed by atoms with van der Waals surface area (Å²) >= 11 is 0. The second kappa shape index (κ2) is 6.62. The van der Waals surface area contributed by atoms with Gasteiger partial charge < -0.3 is 15.4 Å². The van der Waals surface area contributed by atoms with Gasteiger partial charge in [0.2, 0.25) is 5.91 Å². The molecule has 2 rings (SSSR count). The maximum absolute atomic E-state index is 12.6. The number of amides is 1. The van der Waals surface area contributed by atoms with Gasteiger partial charge in [0.15, 0.2) is 9.84 Å². The maximum Gasteiger partial charge on any atom is 0.223 e. The molecule has 1 unspecified atom stereocenters. The Morgan fingerprint density at radius 1 is 1.43 bits per heavy atom. The molecule has 1 heterocycles. The summed E-state index contributed by atoms with van der Waals surface area (Å²) in [7, 11) is -1.41. The lowest BCUT2D eigenvalue weighted by Gasteiger charge is -2.42. The van der Waals surface area contributed by atoms with E-state index < -0.39 is 9.84 Å². The molecule has 1 aliphatic heterocycles. The van der Waals surface area contributed by atoms with Gasteiger partial charge in [-0.05, 0) is 31.2 Å². The fourth-order valence-electron chi connectivity index (χ4n) is 3.27. The van der Waals surface area contributed by atoms with E-state index in [4.69, 9.17) is 10.5 Å². The van der Waals surface area contributed by atoms with Crippen molar-refractivity contribution in [1.82, 2.24) is 4.90 Å². The van der Waals surface area contributed by atoms with Crippen molar-refractivity contribution in [2.75, 3.05) is 38.3 Å². The van der Waals surface area contributed by atoms with Crippen LogP contribution < -0.4 is 5.73 Å². The van der Waals surface area contributed by atoms with Crippen LogP contribution in [-0.2, 0) is 19.4 Å². The molecule has 0 aromatic heterocycles. The van der Waals surface area contributed by atoms with Gasteiger partial charge in [0.05, 0.1) is 18.1 Å². The molecular weight excluding hydrogens is 292 g/mol. The summed E-state index contributed by atoms with van der Waals surface area (Å²) in [6, 6.07) is -0.201. The van der Waals surface area contributed by atoms with Gasteiger partial charge in [0.25, 0.3) is 0 Å². The van der Waals surface area contributed by atoms with Crippen molar-refractivity contribution in [1.29, 1.82) is 0 Å². The zero-order chi connectivity index (χ0) is 15.5. The van der Waals surface area contributed by atoms with E-state index in [1.54, 1.807) is 12.0 Å². The third-order valence-electron chi connectivity index (χ3n) is 4.88. The smallest absolute Gasteiger partial charge is 0.223 e. The summed E-state index contributed by atoms with van der Waals surface area (Å²) in [6.45, 7) is 1.41. The van der Waals surface area contributed by atoms with Crippen molar-refractivity contribution in [3.63, 3.8) is 0 Å². The summed E-state index contributed by atoms with van der Waals surface area (Å²) in [5.74, 6) is 0.286. The highest BCUT2D eigenvalue weighted by molar-refractivity contribution is 7.91. The van der Waals surface area contributed by atoms with E-state index in [1.165, 1.54) is 0 Å². The molecule has 21 heavy (non-hydrogen) atoms. The van der Waals surface area contributed by atoms with Gasteiger partial charge in [-0.15, -0.1) is 0 Å². The Labute approximate surface area is 126 Å². The molecule has 7 heteroatoms. The van der Waals surface area contributed by atoms with Crippen LogP contribution in [0.3, 0.4) is 0 Å². The molecule has 1 aliphatic carbocycles. The van der Waals surface area contributed by atoms with Crippen LogP contribution in [0, 0.1) is 5.41 Å². The highest BCUT2D eigenvalue weighted by atomic mass is 32.2. The van der Waals surface area contributed by atoms with Crippen LogP contribution in [0.4, 0.5) is 0 Å². The van der Waals surface area contributed by atoms with E-state index in [-0.39, 0.29) is 28.9 Å². The van der Waals surface area contributed by atoms with Crippen molar-refractivity contribution < 1.29 is 17.9 Å². The Hall–Kier alpha value is -0.660. The first-order valence-electron chi connectivity index (χ1n) is 7.60. The Morgan fingerprint density at radius 2 is 2.14 bits per heavy atom. The van der Waals surface area contributed by atoms with Crippen molar-refractivity contribution in [3.05, 3.63) is 0 Å². The Morgan fingerprint density at radius 3 is 2.57 bits per heavy atom. The number of hydrogen-bond acceptors (Lipinski definition) is 5. The first-order chi connectivity index (χ1) is 9.91. The average Bonchev–Trinajstić information content (AvgIpc) is 2.74. The standard InChI is InChI=1S/C14H26N2O4S/c1-20-7-6-16(12-3-8-21(18,19)10-12)13(17)9-14(11-15)4-2-5-14/h12H,2-11,15H2,1H3. The summed E-state index contributed by atoms with van der Waals surface area (Å²) in [4.78, 5) is 14.3. The Balaban J connectivity index is 2.03. The van der Waals surface area contributed by atoms with Crippen molar-refractivity contribution in [3.8, 4) is 0 Å². The fourth-order valence-corrected chi connectivity index (χ4v) is 5.00. The normalized spacial score (nSPS) is 26.3. The first kappa shape index (κ1) is 16.7. The number of rotatable bonds is 7. The van der Waals surface area contributed by atoms with E-state index in [0.29, 0.717) is 32.5 Å². The van der Waals surface area contributed by atoms with E-state index >= 15 is 0 Å². The number of nitrogens with two attached hydrogens (primary N) is 1. The molecule has 0 aromatic rings. The molecule has 1 atom stereocenters. The van der Waals surface area contributed by atoms with Gasteiger partial charge in [0, 0.05) is 26.1 Å². The molecule has 0 spiro atoms. The van der Waals surface area contributed by atoms with Crippen LogP contribution in [0.1, 0.15) is 32.1 Å². The van der Waals surface area contributed by atoms with Gasteiger partial charge >= 0.3 is 0 Å². The summed E-state index contributed by atoms with van der Waals surface area (Å²) in [5.41, 5.74) is 5.77. The molecular formula is C14H26N2O4S. The summed E-state index contributed by atoms with van der Waals surface area (Å²) < 4.78 is 28.4. The van der Waals surface area contributed by atoms with Crippen LogP contribution in [0.25, 0.3) is 0 Å². The van der Waals surface area contributed by atoms with Crippen LogP contribution in [0.2, 0.25) is 0 Å². The molecule has 0 bridgehead atoms. The lowest BCUT2D eigenvalue weighted by molar-refractivity contribution is -0.137. The molecule has 2 fully saturated rings. The van der Waals surface area contributed by atoms with Crippen LogP contribution in [0.5, 0.6) is 0 Å². The zero-order valence-corrected chi connectivity index (χ0v) is 13.5. The predicted octanol–water partition coefficient (Wildman–Crippen LogP) is 0.168. The van der Waals surface area contributed by atoms with Crippen LogP contribution in [-0.4, -0.2) is 63.6 Å². The van der Waals surface area contributed by atoms with Gasteiger partial charge in [-0.25, -0.2) is 8.42 Å². The maximum atomic E-state index is 12.6. The van der Waals surface area contributed by atoms with E-state index in [2.05, 4.69) is 0 Å². The first-order valence-corrected chi connectivity index (χ1v) is 9.42. The number of carbonyl (C=O) groups is 1. The van der Waals surface area contributed by atoms with Crippen molar-refractivity contribution >= 4 is 15.7 Å². The SMILES string of the molecule is COCCN(C(=O)CC1(CN)CCC1)C1CCS(=O)(=O)C1. The van der Waals surface area contributed by atoms with Gasteiger partial charge in [-0.2, -0.15) is 0 Å². The largest absolute Gasteiger partial charge is 0.383 e. The van der Waals surface area contributed by atoms with E-state index in [1.807, 2.05) is 0 Å². The number of sulfone groups is 1. The highest BCUT2D eigenvalue weighted by Crippen LogP contribution is 2.43. The van der Waals surface area contributed by atoms with Gasteiger partial charge in [0.1, 0.15) is 0 Å². The summed E-state index contributed by atoms with van der Waals surface area (Å²) in [5, 5.41) is 0. The molecule has 0 aromatic carbocycles. The lowest BCUT2D eigenvalue weighted by atomic mass is 9.66. The molecule has 1 saturated carbocycles. The molecule has 6 nitrogen and oxygen atoms in total. The molecule has 2 N–H and O–H groups in total. The number of hydrogen-bond donors (Lipinski definition) is 1. The van der Waals surface area contributed by atoms with Gasteiger partial charge in [-0.1, -0.05) is 6.42 Å². The monoisotopic (exact) mass is 318 g/mol. The summed E-state index contributed by atoms with van der Waals surface area (Å²) in [6.07, 6.45) is 4.09. The number of ether oxygens (including phenoxy) is 1. The quantitative estimate of drug-likeness (QED) is 0.722. The second-order valence-electron chi connectivity index (χ2n) is 6.37. The molecule has 122 valence electrons. The van der Waals surface area contributed by atoms with E-state index in [0.717, 1.165) is 19.3 Å². The minimum atomic E-state index is -3.00. The topological polar surface area (TPSA) is 89.7 Å². The number of carbonyl (C=O) groups excluding carboxylic acids is 1. The van der Waals surface area contributed by atoms with Crippen molar-refractivity contribution in [2.24, 2.45) is 11.1 Å². The Bertz CT molecular complexity index is 468.